The summed E-state index contributed by atoms with van der Waals surface area (Å²) in [6.45, 7) is 1.91. The van der Waals surface area contributed by atoms with E-state index in [4.69, 9.17) is 9.15 Å². The predicted molar refractivity (Wildman–Crippen MR) is 105 cm³/mol. The van der Waals surface area contributed by atoms with E-state index in [1.807, 2.05) is 29.8 Å². The Morgan fingerprint density at radius 3 is 2.61 bits per heavy atom. The average molecular weight is 375 g/mol. The summed E-state index contributed by atoms with van der Waals surface area (Å²) in [6, 6.07) is 13.5. The predicted octanol–water partition coefficient (Wildman–Crippen LogP) is 3.55. The van der Waals surface area contributed by atoms with Gasteiger partial charge >= 0.3 is 5.63 Å². The quantitative estimate of drug-likeness (QED) is 0.551. The van der Waals surface area contributed by atoms with Gasteiger partial charge in [0.2, 0.25) is 0 Å². The van der Waals surface area contributed by atoms with Crippen LogP contribution in [-0.2, 0) is 0 Å². The number of fused-ring (bicyclic) bond motifs is 1. The Hall–Kier alpha value is -3.87. The third kappa shape index (κ3) is 3.25. The number of carbonyl (C=O) groups is 1. The molecule has 7 heteroatoms. The van der Waals surface area contributed by atoms with E-state index in [0.29, 0.717) is 22.4 Å². The number of imidazole rings is 1. The summed E-state index contributed by atoms with van der Waals surface area (Å²) < 4.78 is 12.3. The number of rotatable bonds is 4. The highest BCUT2D eigenvalue weighted by atomic mass is 16.5. The van der Waals surface area contributed by atoms with Crippen molar-refractivity contribution >= 4 is 22.6 Å². The second kappa shape index (κ2) is 7.03. The van der Waals surface area contributed by atoms with E-state index in [1.54, 1.807) is 36.5 Å². The van der Waals surface area contributed by atoms with Crippen LogP contribution in [0.15, 0.2) is 70.1 Å². The van der Waals surface area contributed by atoms with Gasteiger partial charge in [-0.05, 0) is 43.3 Å². The molecule has 2 heterocycles. The third-order valence-electron chi connectivity index (χ3n) is 4.43. The number of hydrogen-bond acceptors (Lipinski definition) is 5. The fourth-order valence-electron chi connectivity index (χ4n) is 3.01. The molecule has 4 rings (SSSR count). The Bertz CT molecular complexity index is 1220. The molecule has 0 aliphatic rings. The van der Waals surface area contributed by atoms with Crippen LogP contribution in [0, 0.1) is 6.92 Å². The summed E-state index contributed by atoms with van der Waals surface area (Å²) in [7, 11) is 1.52. The maximum Gasteiger partial charge on any atom is 0.337 e. The van der Waals surface area contributed by atoms with Gasteiger partial charge in [-0.25, -0.2) is 9.78 Å². The molecule has 1 amide bonds. The summed E-state index contributed by atoms with van der Waals surface area (Å²) in [6.07, 6.45) is 3.60. The van der Waals surface area contributed by atoms with E-state index >= 15 is 0 Å². The standard InChI is InChI=1S/C21H17N3O4/c1-13-22-9-10-24(13)15-5-3-14(4-6-15)23-21(26)18-12-20(25)28-19-11-16(27-2)7-8-17(18)19/h3-12H,1-2H3,(H,23,26). The highest BCUT2D eigenvalue weighted by molar-refractivity contribution is 6.12. The number of nitrogens with one attached hydrogen (secondary N) is 1. The molecule has 0 aliphatic heterocycles. The lowest BCUT2D eigenvalue weighted by Crippen LogP contribution is -2.15. The molecule has 1 N–H and O–H groups in total. The first-order valence-corrected chi connectivity index (χ1v) is 8.59. The number of benzene rings is 2. The van der Waals surface area contributed by atoms with E-state index in [-0.39, 0.29) is 5.56 Å². The number of ether oxygens (including phenoxy) is 1. The van der Waals surface area contributed by atoms with Crippen molar-refractivity contribution in [2.75, 3.05) is 12.4 Å². The smallest absolute Gasteiger partial charge is 0.337 e. The lowest BCUT2D eigenvalue weighted by atomic mass is 10.1. The third-order valence-corrected chi connectivity index (χ3v) is 4.43. The van der Waals surface area contributed by atoms with Gasteiger partial charge in [-0.2, -0.15) is 0 Å². The van der Waals surface area contributed by atoms with Crippen LogP contribution in [0.1, 0.15) is 16.2 Å². The first kappa shape index (κ1) is 17.5. The van der Waals surface area contributed by atoms with E-state index in [9.17, 15) is 9.59 Å². The first-order chi connectivity index (χ1) is 13.5. The molecule has 0 saturated carbocycles. The maximum absolute atomic E-state index is 12.8. The number of amides is 1. The van der Waals surface area contributed by atoms with E-state index in [1.165, 1.54) is 13.2 Å². The molecule has 140 valence electrons. The Balaban J connectivity index is 1.63. The Labute approximate surface area is 160 Å². The van der Waals surface area contributed by atoms with Crippen LogP contribution in [0.5, 0.6) is 5.75 Å². The molecule has 0 bridgehead atoms. The molecule has 0 aliphatic carbocycles. The van der Waals surface area contributed by atoms with Crippen molar-refractivity contribution in [1.82, 2.24) is 9.55 Å². The zero-order valence-electron chi connectivity index (χ0n) is 15.3. The van der Waals surface area contributed by atoms with Gasteiger partial charge in [0.1, 0.15) is 17.2 Å². The maximum atomic E-state index is 12.8. The van der Waals surface area contributed by atoms with Gasteiger partial charge in [-0.1, -0.05) is 0 Å². The molecule has 0 spiro atoms. The van der Waals surface area contributed by atoms with Gasteiger partial charge < -0.3 is 19.0 Å². The van der Waals surface area contributed by atoms with Gasteiger partial charge in [-0.3, -0.25) is 4.79 Å². The van der Waals surface area contributed by atoms with Crippen molar-refractivity contribution in [2.24, 2.45) is 0 Å². The van der Waals surface area contributed by atoms with Crippen LogP contribution in [0.3, 0.4) is 0 Å². The van der Waals surface area contributed by atoms with Gasteiger partial charge in [-0.15, -0.1) is 0 Å². The number of hydrogen-bond donors (Lipinski definition) is 1. The minimum absolute atomic E-state index is 0.239. The Morgan fingerprint density at radius 2 is 1.93 bits per heavy atom. The SMILES string of the molecule is COc1ccc2c(C(=O)Nc3ccc(-n4ccnc4C)cc3)cc(=O)oc2c1. The molecule has 7 nitrogen and oxygen atoms in total. The van der Waals surface area contributed by atoms with Crippen molar-refractivity contribution in [3.05, 3.63) is 82.7 Å². The average Bonchev–Trinajstić information content (AvgIpc) is 3.13. The largest absolute Gasteiger partial charge is 0.497 e. The molecule has 0 saturated heterocycles. The number of carbonyl (C=O) groups excluding carboxylic acids is 1. The zero-order chi connectivity index (χ0) is 19.7. The summed E-state index contributed by atoms with van der Waals surface area (Å²) >= 11 is 0. The minimum atomic E-state index is -0.600. The lowest BCUT2D eigenvalue weighted by Gasteiger charge is -2.10. The normalized spacial score (nSPS) is 10.8. The molecule has 0 unspecified atom stereocenters. The topological polar surface area (TPSA) is 86.4 Å². The molecule has 28 heavy (non-hydrogen) atoms. The van der Waals surface area contributed by atoms with Crippen LogP contribution in [0.2, 0.25) is 0 Å². The van der Waals surface area contributed by atoms with Crippen LogP contribution < -0.4 is 15.7 Å². The fraction of sp³-hybridized carbons (Fsp3) is 0.0952. The number of aryl methyl sites for hydroxylation is 1. The Morgan fingerprint density at radius 1 is 1.14 bits per heavy atom. The molecule has 2 aromatic heterocycles. The van der Waals surface area contributed by atoms with Gasteiger partial charge in [0.15, 0.2) is 0 Å². The number of aromatic nitrogens is 2. The summed E-state index contributed by atoms with van der Waals surface area (Å²) in [5.41, 5.74) is 1.48. The number of methoxy groups -OCH3 is 1. The second-order valence-corrected chi connectivity index (χ2v) is 6.19. The molecule has 2 aromatic carbocycles. The molecular formula is C21H17N3O4. The van der Waals surface area contributed by atoms with Crippen molar-refractivity contribution < 1.29 is 13.9 Å². The van der Waals surface area contributed by atoms with Gasteiger partial charge in [0.25, 0.3) is 5.91 Å². The summed E-state index contributed by atoms with van der Waals surface area (Å²) in [4.78, 5) is 28.8. The zero-order valence-corrected chi connectivity index (χ0v) is 15.3. The van der Waals surface area contributed by atoms with Gasteiger partial charge in [0.05, 0.1) is 12.7 Å². The van der Waals surface area contributed by atoms with E-state index in [2.05, 4.69) is 10.3 Å². The molecule has 0 atom stereocenters. The van der Waals surface area contributed by atoms with Crippen LogP contribution in [0.25, 0.3) is 16.7 Å². The highest BCUT2D eigenvalue weighted by Crippen LogP contribution is 2.23. The van der Waals surface area contributed by atoms with Crippen molar-refractivity contribution in [3.8, 4) is 11.4 Å². The number of anilines is 1. The van der Waals surface area contributed by atoms with Gasteiger partial charge in [0, 0.05) is 41.3 Å². The Kier molecular flexibility index (Phi) is 4.41. The first-order valence-electron chi connectivity index (χ1n) is 8.59. The molecular weight excluding hydrogens is 358 g/mol. The fourth-order valence-corrected chi connectivity index (χ4v) is 3.01. The van der Waals surface area contributed by atoms with Crippen molar-refractivity contribution in [1.29, 1.82) is 0 Å². The minimum Gasteiger partial charge on any atom is -0.497 e. The monoisotopic (exact) mass is 375 g/mol. The molecule has 0 fully saturated rings. The van der Waals surface area contributed by atoms with Crippen molar-refractivity contribution in [2.45, 2.75) is 6.92 Å². The van der Waals surface area contributed by atoms with Crippen molar-refractivity contribution in [3.63, 3.8) is 0 Å². The van der Waals surface area contributed by atoms with Crippen LogP contribution >= 0.6 is 0 Å². The lowest BCUT2D eigenvalue weighted by molar-refractivity contribution is 0.102. The van der Waals surface area contributed by atoms with Crippen LogP contribution in [-0.4, -0.2) is 22.6 Å². The highest BCUT2D eigenvalue weighted by Gasteiger charge is 2.14. The van der Waals surface area contributed by atoms with E-state index < -0.39 is 11.5 Å². The second-order valence-electron chi connectivity index (χ2n) is 6.19. The summed E-state index contributed by atoms with van der Waals surface area (Å²) in [5.74, 6) is 1.02. The molecule has 4 aromatic rings. The summed E-state index contributed by atoms with van der Waals surface area (Å²) in [5, 5.41) is 3.35. The number of nitrogens with zero attached hydrogens (tertiary/aromatic N) is 2. The van der Waals surface area contributed by atoms with E-state index in [0.717, 1.165) is 11.5 Å². The molecule has 0 radical (unpaired) electrons. The van der Waals surface area contributed by atoms with Crippen LogP contribution in [0.4, 0.5) is 5.69 Å².